The molecule has 0 radical (unpaired) electrons. The van der Waals surface area contributed by atoms with E-state index in [-0.39, 0.29) is 30.2 Å². The molecule has 0 unspecified atom stereocenters. The summed E-state index contributed by atoms with van der Waals surface area (Å²) in [5, 5.41) is 2.74. The van der Waals surface area contributed by atoms with Crippen LogP contribution in [0.3, 0.4) is 0 Å². The van der Waals surface area contributed by atoms with Gasteiger partial charge in [0.25, 0.3) is 5.91 Å². The van der Waals surface area contributed by atoms with Gasteiger partial charge in [0, 0.05) is 35.8 Å². The number of rotatable bonds is 8. The quantitative estimate of drug-likeness (QED) is 0.545. The summed E-state index contributed by atoms with van der Waals surface area (Å²) in [6.45, 7) is 5.51. The van der Waals surface area contributed by atoms with Gasteiger partial charge in [-0.1, -0.05) is 0 Å². The van der Waals surface area contributed by atoms with E-state index >= 15 is 0 Å². The average Bonchev–Trinajstić information content (AvgIpc) is 3.52. The molecular weight excluding hydrogens is 396 g/mol. The highest BCUT2D eigenvalue weighted by molar-refractivity contribution is 6.02. The number of ether oxygens (including phenoxy) is 2. The van der Waals surface area contributed by atoms with Crippen LogP contribution in [-0.2, 0) is 11.3 Å². The van der Waals surface area contributed by atoms with Crippen LogP contribution >= 0.6 is 0 Å². The van der Waals surface area contributed by atoms with E-state index in [4.69, 9.17) is 13.9 Å². The summed E-state index contributed by atoms with van der Waals surface area (Å²) >= 11 is 0. The Morgan fingerprint density at radius 1 is 1.19 bits per heavy atom. The highest BCUT2D eigenvalue weighted by Gasteiger charge is 2.21. The number of anilines is 1. The summed E-state index contributed by atoms with van der Waals surface area (Å²) in [5.74, 6) is 0.398. The topological polar surface area (TPSA) is 82.7 Å². The highest BCUT2D eigenvalue weighted by atomic mass is 16.5. The molecule has 1 N–H and O–H groups in total. The Labute approximate surface area is 181 Å². The van der Waals surface area contributed by atoms with Gasteiger partial charge >= 0.3 is 0 Å². The summed E-state index contributed by atoms with van der Waals surface area (Å²) in [4.78, 5) is 24.8. The minimum absolute atomic E-state index is 0.0533. The molecule has 1 aliphatic rings. The summed E-state index contributed by atoms with van der Waals surface area (Å²) in [7, 11) is 0. The van der Waals surface area contributed by atoms with Gasteiger partial charge < -0.3 is 23.8 Å². The van der Waals surface area contributed by atoms with E-state index in [1.165, 1.54) is 6.26 Å². The number of aromatic nitrogens is 1. The van der Waals surface area contributed by atoms with Crippen LogP contribution in [0, 0.1) is 13.8 Å². The monoisotopic (exact) mass is 422 g/mol. The molecule has 3 aromatic rings. The first-order chi connectivity index (χ1) is 15.0. The normalized spacial score (nSPS) is 15.7. The number of amides is 1. The summed E-state index contributed by atoms with van der Waals surface area (Å²) in [6.07, 6.45) is 3.81. The van der Waals surface area contributed by atoms with Crippen molar-refractivity contribution in [2.24, 2.45) is 0 Å². The van der Waals surface area contributed by atoms with Crippen LogP contribution in [0.4, 0.5) is 5.69 Å². The summed E-state index contributed by atoms with van der Waals surface area (Å²) in [5.41, 5.74) is 3.28. The Balaban J connectivity index is 1.34. The Bertz CT molecular complexity index is 1040. The fourth-order valence-corrected chi connectivity index (χ4v) is 3.82. The van der Waals surface area contributed by atoms with Crippen molar-refractivity contribution in [1.82, 2.24) is 4.57 Å². The molecule has 31 heavy (non-hydrogen) atoms. The van der Waals surface area contributed by atoms with Crippen molar-refractivity contribution < 1.29 is 23.5 Å². The van der Waals surface area contributed by atoms with Gasteiger partial charge in [0.2, 0.25) is 5.78 Å². The molecule has 0 spiro atoms. The predicted molar refractivity (Wildman–Crippen MR) is 116 cm³/mol. The Hall–Kier alpha value is -3.32. The largest absolute Gasteiger partial charge is 0.485 e. The molecule has 2 aromatic heterocycles. The van der Waals surface area contributed by atoms with Gasteiger partial charge in [0.05, 0.1) is 12.4 Å². The first-order valence-electron chi connectivity index (χ1n) is 10.4. The number of ketones is 1. The van der Waals surface area contributed by atoms with Crippen LogP contribution in [0.5, 0.6) is 5.75 Å². The minimum Gasteiger partial charge on any atom is -0.485 e. The lowest BCUT2D eigenvalue weighted by Crippen LogP contribution is -2.18. The van der Waals surface area contributed by atoms with E-state index in [1.807, 2.05) is 19.9 Å². The van der Waals surface area contributed by atoms with Crippen molar-refractivity contribution in [3.63, 3.8) is 0 Å². The predicted octanol–water partition coefficient (Wildman–Crippen LogP) is 4.39. The van der Waals surface area contributed by atoms with E-state index in [1.54, 1.807) is 36.4 Å². The number of nitrogens with one attached hydrogen (secondary N) is 1. The molecule has 1 amide bonds. The maximum absolute atomic E-state index is 12.7. The zero-order valence-electron chi connectivity index (χ0n) is 17.7. The molecule has 1 atom stereocenters. The molecule has 0 bridgehead atoms. The fourth-order valence-electron chi connectivity index (χ4n) is 3.82. The third-order valence-electron chi connectivity index (χ3n) is 5.51. The highest BCUT2D eigenvalue weighted by Crippen LogP contribution is 2.22. The molecule has 0 saturated carbocycles. The van der Waals surface area contributed by atoms with Crippen molar-refractivity contribution in [2.45, 2.75) is 39.3 Å². The van der Waals surface area contributed by atoms with Crippen LogP contribution in [0.1, 0.15) is 45.1 Å². The van der Waals surface area contributed by atoms with Crippen molar-refractivity contribution in [2.75, 3.05) is 18.5 Å². The zero-order chi connectivity index (χ0) is 21.8. The lowest BCUT2D eigenvalue weighted by atomic mass is 10.1. The Kier molecular flexibility index (Phi) is 6.23. The van der Waals surface area contributed by atoms with E-state index in [0.29, 0.717) is 17.0 Å². The first-order valence-corrected chi connectivity index (χ1v) is 10.4. The van der Waals surface area contributed by atoms with E-state index in [9.17, 15) is 9.59 Å². The molecule has 4 rings (SSSR count). The lowest BCUT2D eigenvalue weighted by molar-refractivity contribution is 0.0914. The number of benzene rings is 1. The standard InChI is InChI=1S/C24H26N2O5/c1-16-13-21(17(2)26(16)14-20-5-3-11-29-20)22(27)15-31-19-9-7-18(8-10-19)25-24(28)23-6-4-12-30-23/h4,6-10,12-13,20H,3,5,11,14-15H2,1-2H3,(H,25,28)/t20-/m1/s1. The second kappa shape index (κ2) is 9.22. The average molecular weight is 422 g/mol. The number of Topliss-reactive ketones (excluding diaryl/α,β-unsaturated/α-hetero) is 1. The number of hydrogen-bond donors (Lipinski definition) is 1. The number of hydrogen-bond acceptors (Lipinski definition) is 5. The van der Waals surface area contributed by atoms with Gasteiger partial charge in [-0.3, -0.25) is 9.59 Å². The van der Waals surface area contributed by atoms with Gasteiger partial charge in [0.1, 0.15) is 5.75 Å². The van der Waals surface area contributed by atoms with Crippen molar-refractivity contribution in [1.29, 1.82) is 0 Å². The van der Waals surface area contributed by atoms with Gasteiger partial charge in [-0.05, 0) is 69.2 Å². The number of nitrogens with zero attached hydrogens (tertiary/aromatic N) is 1. The van der Waals surface area contributed by atoms with Crippen molar-refractivity contribution in [3.8, 4) is 5.75 Å². The van der Waals surface area contributed by atoms with Crippen LogP contribution in [-0.4, -0.2) is 35.6 Å². The first kappa shape index (κ1) is 20.9. The van der Waals surface area contributed by atoms with Crippen LogP contribution in [0.2, 0.25) is 0 Å². The van der Waals surface area contributed by atoms with Crippen LogP contribution in [0.15, 0.2) is 53.1 Å². The lowest BCUT2D eigenvalue weighted by Gasteiger charge is -2.14. The summed E-state index contributed by atoms with van der Waals surface area (Å²) in [6, 6.07) is 12.0. The van der Waals surface area contributed by atoms with Crippen LogP contribution < -0.4 is 10.1 Å². The molecule has 1 aromatic carbocycles. The second-order valence-electron chi connectivity index (χ2n) is 7.70. The Morgan fingerprint density at radius 2 is 2.00 bits per heavy atom. The van der Waals surface area contributed by atoms with E-state index in [2.05, 4.69) is 9.88 Å². The molecule has 0 aliphatic carbocycles. The molecular formula is C24H26N2O5. The third kappa shape index (κ3) is 4.88. The zero-order valence-corrected chi connectivity index (χ0v) is 17.7. The number of carbonyl (C=O) groups excluding carboxylic acids is 2. The molecule has 1 fully saturated rings. The smallest absolute Gasteiger partial charge is 0.291 e. The third-order valence-corrected chi connectivity index (χ3v) is 5.51. The SMILES string of the molecule is Cc1cc(C(=O)COc2ccc(NC(=O)c3ccco3)cc2)c(C)n1C[C@H]1CCCO1. The molecule has 1 saturated heterocycles. The van der Waals surface area contributed by atoms with Gasteiger partial charge in [-0.25, -0.2) is 0 Å². The summed E-state index contributed by atoms with van der Waals surface area (Å²) < 4.78 is 18.6. The molecule has 3 heterocycles. The molecule has 162 valence electrons. The second-order valence-corrected chi connectivity index (χ2v) is 7.70. The minimum atomic E-state index is -0.327. The molecule has 1 aliphatic heterocycles. The maximum atomic E-state index is 12.7. The number of carbonyl (C=O) groups is 2. The maximum Gasteiger partial charge on any atom is 0.291 e. The van der Waals surface area contributed by atoms with Gasteiger partial charge in [-0.15, -0.1) is 0 Å². The van der Waals surface area contributed by atoms with Crippen molar-refractivity contribution >= 4 is 17.4 Å². The van der Waals surface area contributed by atoms with E-state index < -0.39 is 0 Å². The van der Waals surface area contributed by atoms with Gasteiger partial charge in [0.15, 0.2) is 12.4 Å². The molecule has 7 heteroatoms. The van der Waals surface area contributed by atoms with Crippen molar-refractivity contribution in [3.05, 3.63) is 71.4 Å². The fraction of sp³-hybridized carbons (Fsp3) is 0.333. The van der Waals surface area contributed by atoms with Gasteiger partial charge in [-0.2, -0.15) is 0 Å². The Morgan fingerprint density at radius 3 is 2.68 bits per heavy atom. The number of aryl methyl sites for hydroxylation is 1. The van der Waals surface area contributed by atoms with E-state index in [0.717, 1.165) is 37.4 Å². The number of furan rings is 1. The molecule has 7 nitrogen and oxygen atoms in total. The van der Waals surface area contributed by atoms with Crippen LogP contribution in [0.25, 0.3) is 0 Å².